The van der Waals surface area contributed by atoms with Crippen LogP contribution in [-0.4, -0.2) is 15.5 Å². The van der Waals surface area contributed by atoms with Crippen molar-refractivity contribution >= 4 is 22.5 Å². The third kappa shape index (κ3) is 2.41. The summed E-state index contributed by atoms with van der Waals surface area (Å²) in [5, 5.41) is 4.10. The number of nitrogens with zero attached hydrogens (tertiary/aromatic N) is 1. The molecule has 0 atom stereocenters. The number of amides is 1. The number of aromatic amines is 1. The van der Waals surface area contributed by atoms with Crippen LogP contribution in [-0.2, 0) is 6.54 Å². The van der Waals surface area contributed by atoms with E-state index in [-0.39, 0.29) is 5.91 Å². The van der Waals surface area contributed by atoms with E-state index in [1.807, 2.05) is 45.0 Å². The number of rotatable bonds is 3. The zero-order valence-electron chi connectivity index (χ0n) is 13.4. The molecule has 1 aromatic carbocycles. The molecular formula is C18H21N3O. The summed E-state index contributed by atoms with van der Waals surface area (Å²) < 4.78 is 2.15. The molecule has 2 N–H and O–H groups in total. The lowest BCUT2D eigenvalue weighted by molar-refractivity contribution is 0.102. The summed E-state index contributed by atoms with van der Waals surface area (Å²) in [6, 6.07) is 9.94. The van der Waals surface area contributed by atoms with Gasteiger partial charge in [-0.05, 0) is 58.0 Å². The molecule has 1 amide bonds. The molecule has 0 aliphatic rings. The smallest absolute Gasteiger partial charge is 0.257 e. The molecule has 0 spiro atoms. The predicted octanol–water partition coefficient (Wildman–Crippen LogP) is 4.17. The first kappa shape index (κ1) is 14.4. The number of aromatic nitrogens is 2. The van der Waals surface area contributed by atoms with Gasteiger partial charge in [-0.15, -0.1) is 0 Å². The summed E-state index contributed by atoms with van der Waals surface area (Å²) in [6.07, 6.45) is 0. The second-order valence-electron chi connectivity index (χ2n) is 5.74. The summed E-state index contributed by atoms with van der Waals surface area (Å²) in [6.45, 7) is 9.01. The Labute approximate surface area is 130 Å². The van der Waals surface area contributed by atoms with Gasteiger partial charge < -0.3 is 14.9 Å². The maximum absolute atomic E-state index is 12.5. The highest BCUT2D eigenvalue weighted by Gasteiger charge is 2.15. The predicted molar refractivity (Wildman–Crippen MR) is 90.6 cm³/mol. The molecule has 2 aromatic heterocycles. The number of carbonyl (C=O) groups excluding carboxylic acids is 1. The monoisotopic (exact) mass is 295 g/mol. The van der Waals surface area contributed by atoms with Crippen molar-refractivity contribution in [3.8, 4) is 0 Å². The van der Waals surface area contributed by atoms with Gasteiger partial charge in [0.2, 0.25) is 0 Å². The average Bonchev–Trinajstić information content (AvgIpc) is 2.97. The molecule has 0 aliphatic carbocycles. The first-order chi connectivity index (χ1) is 10.5. The van der Waals surface area contributed by atoms with Crippen molar-refractivity contribution in [1.82, 2.24) is 9.55 Å². The Morgan fingerprint density at radius 3 is 2.64 bits per heavy atom. The van der Waals surface area contributed by atoms with Crippen molar-refractivity contribution in [3.63, 3.8) is 0 Å². The van der Waals surface area contributed by atoms with Crippen LogP contribution in [0.2, 0.25) is 0 Å². The lowest BCUT2D eigenvalue weighted by Crippen LogP contribution is -2.13. The van der Waals surface area contributed by atoms with Gasteiger partial charge in [0.1, 0.15) is 0 Å². The van der Waals surface area contributed by atoms with Gasteiger partial charge in [-0.25, -0.2) is 0 Å². The Bertz CT molecular complexity index is 855. The minimum atomic E-state index is -0.0561. The van der Waals surface area contributed by atoms with Crippen LogP contribution in [0.3, 0.4) is 0 Å². The van der Waals surface area contributed by atoms with E-state index in [9.17, 15) is 4.79 Å². The average molecular weight is 295 g/mol. The fraction of sp³-hybridized carbons (Fsp3) is 0.278. The normalized spacial score (nSPS) is 11.1. The number of H-pyrrole nitrogens is 1. The highest BCUT2D eigenvalue weighted by atomic mass is 16.1. The Morgan fingerprint density at radius 1 is 1.18 bits per heavy atom. The van der Waals surface area contributed by atoms with Crippen LogP contribution in [0.15, 0.2) is 30.3 Å². The van der Waals surface area contributed by atoms with Crippen LogP contribution in [0, 0.1) is 20.8 Å². The Kier molecular flexibility index (Phi) is 3.53. The van der Waals surface area contributed by atoms with Crippen LogP contribution in [0.25, 0.3) is 10.9 Å². The molecule has 0 bridgehead atoms. The highest BCUT2D eigenvalue weighted by Crippen LogP contribution is 2.21. The van der Waals surface area contributed by atoms with Crippen molar-refractivity contribution in [2.45, 2.75) is 34.2 Å². The van der Waals surface area contributed by atoms with E-state index in [1.54, 1.807) is 0 Å². The fourth-order valence-electron chi connectivity index (χ4n) is 3.07. The summed E-state index contributed by atoms with van der Waals surface area (Å²) in [7, 11) is 0. The van der Waals surface area contributed by atoms with Crippen molar-refractivity contribution < 1.29 is 4.79 Å². The second kappa shape index (κ2) is 5.37. The van der Waals surface area contributed by atoms with Crippen molar-refractivity contribution in [2.24, 2.45) is 0 Å². The minimum Gasteiger partial charge on any atom is -0.359 e. The van der Waals surface area contributed by atoms with Gasteiger partial charge in [-0.2, -0.15) is 0 Å². The van der Waals surface area contributed by atoms with Crippen LogP contribution in [0.1, 0.15) is 34.4 Å². The molecule has 0 aliphatic heterocycles. The molecule has 0 fully saturated rings. The number of hydrogen-bond donors (Lipinski definition) is 2. The Morgan fingerprint density at radius 2 is 1.95 bits per heavy atom. The molecule has 0 saturated heterocycles. The van der Waals surface area contributed by atoms with Gasteiger partial charge in [0, 0.05) is 40.2 Å². The number of fused-ring (bicyclic) bond motifs is 1. The third-order valence-corrected chi connectivity index (χ3v) is 4.15. The second-order valence-corrected chi connectivity index (χ2v) is 5.74. The standard InChI is InChI=1S/C18H21N3O/c1-5-21-12(3)9-16(13(21)4)18(22)20-15-6-7-17-14(10-15)8-11(2)19-17/h6-10,19H,5H2,1-4H3,(H,20,22). The molecule has 22 heavy (non-hydrogen) atoms. The summed E-state index contributed by atoms with van der Waals surface area (Å²) in [4.78, 5) is 15.8. The maximum Gasteiger partial charge on any atom is 0.257 e. The number of anilines is 1. The van der Waals surface area contributed by atoms with E-state index in [1.165, 1.54) is 0 Å². The molecule has 0 unspecified atom stereocenters. The Hall–Kier alpha value is -2.49. The van der Waals surface area contributed by atoms with Crippen molar-refractivity contribution in [2.75, 3.05) is 5.32 Å². The fourth-order valence-corrected chi connectivity index (χ4v) is 3.07. The van der Waals surface area contributed by atoms with Gasteiger partial charge in [0.25, 0.3) is 5.91 Å². The summed E-state index contributed by atoms with van der Waals surface area (Å²) in [5.41, 5.74) is 5.88. The van der Waals surface area contributed by atoms with E-state index in [0.717, 1.165) is 45.8 Å². The van der Waals surface area contributed by atoms with Crippen molar-refractivity contribution in [1.29, 1.82) is 0 Å². The molecule has 4 nitrogen and oxygen atoms in total. The molecule has 0 saturated carbocycles. The summed E-state index contributed by atoms with van der Waals surface area (Å²) in [5.74, 6) is -0.0561. The number of nitrogens with one attached hydrogen (secondary N) is 2. The molecule has 2 heterocycles. The molecular weight excluding hydrogens is 274 g/mol. The van der Waals surface area contributed by atoms with E-state index in [4.69, 9.17) is 0 Å². The third-order valence-electron chi connectivity index (χ3n) is 4.15. The topological polar surface area (TPSA) is 49.8 Å². The SMILES string of the molecule is CCn1c(C)cc(C(=O)Nc2ccc3[nH]c(C)cc3c2)c1C. The van der Waals surface area contributed by atoms with Crippen molar-refractivity contribution in [3.05, 3.63) is 53.0 Å². The van der Waals surface area contributed by atoms with Gasteiger partial charge in [0.05, 0.1) is 5.56 Å². The minimum absolute atomic E-state index is 0.0561. The number of hydrogen-bond acceptors (Lipinski definition) is 1. The summed E-state index contributed by atoms with van der Waals surface area (Å²) >= 11 is 0. The van der Waals surface area contributed by atoms with Crippen LogP contribution >= 0.6 is 0 Å². The van der Waals surface area contributed by atoms with Crippen LogP contribution in [0.4, 0.5) is 5.69 Å². The van der Waals surface area contributed by atoms with Gasteiger partial charge in [-0.1, -0.05) is 0 Å². The van der Waals surface area contributed by atoms with Gasteiger partial charge in [0.15, 0.2) is 0 Å². The molecule has 4 heteroatoms. The largest absolute Gasteiger partial charge is 0.359 e. The molecule has 3 aromatic rings. The molecule has 3 rings (SSSR count). The van der Waals surface area contributed by atoms with Gasteiger partial charge in [-0.3, -0.25) is 4.79 Å². The first-order valence-electron chi connectivity index (χ1n) is 7.57. The van der Waals surface area contributed by atoms with E-state index in [0.29, 0.717) is 0 Å². The van der Waals surface area contributed by atoms with E-state index in [2.05, 4.69) is 27.9 Å². The zero-order valence-corrected chi connectivity index (χ0v) is 13.4. The Balaban J connectivity index is 1.89. The maximum atomic E-state index is 12.5. The first-order valence-corrected chi connectivity index (χ1v) is 7.57. The highest BCUT2D eigenvalue weighted by molar-refractivity contribution is 6.06. The van der Waals surface area contributed by atoms with Crippen LogP contribution < -0.4 is 5.32 Å². The van der Waals surface area contributed by atoms with Gasteiger partial charge >= 0.3 is 0 Å². The zero-order chi connectivity index (χ0) is 15.9. The van der Waals surface area contributed by atoms with E-state index < -0.39 is 0 Å². The van der Waals surface area contributed by atoms with E-state index >= 15 is 0 Å². The molecule has 114 valence electrons. The van der Waals surface area contributed by atoms with Crippen LogP contribution in [0.5, 0.6) is 0 Å². The number of benzene rings is 1. The number of aryl methyl sites for hydroxylation is 2. The number of carbonyl (C=O) groups is 1. The molecule has 0 radical (unpaired) electrons. The lowest BCUT2D eigenvalue weighted by atomic mass is 10.2. The quantitative estimate of drug-likeness (QED) is 0.748. The lowest BCUT2D eigenvalue weighted by Gasteiger charge is -2.07.